The Hall–Kier alpha value is -1.98. The topological polar surface area (TPSA) is 94.8 Å². The fourth-order valence-corrected chi connectivity index (χ4v) is 3.10. The number of hydrogen-bond donors (Lipinski definition) is 3. The van der Waals surface area contributed by atoms with Gasteiger partial charge in [0.1, 0.15) is 5.78 Å². The minimum atomic E-state index is -0.850. The van der Waals surface area contributed by atoms with Crippen molar-refractivity contribution < 1.29 is 24.9 Å². The van der Waals surface area contributed by atoms with E-state index < -0.39 is 18.2 Å². The Morgan fingerprint density at radius 3 is 2.63 bits per heavy atom. The maximum atomic E-state index is 12.1. The van der Waals surface area contributed by atoms with Gasteiger partial charge in [-0.2, -0.15) is 0 Å². The molecular formula is C22H32O5. The first kappa shape index (κ1) is 23.1. The predicted octanol–water partition coefficient (Wildman–Crippen LogP) is 3.58. The molecule has 0 bridgehead atoms. The Kier molecular flexibility index (Phi) is 11.3. The Morgan fingerprint density at radius 1 is 1.19 bits per heavy atom. The van der Waals surface area contributed by atoms with Gasteiger partial charge in [-0.1, -0.05) is 55.5 Å². The number of carboxylic acid groups (broad SMARTS) is 1. The molecular weight excluding hydrogens is 344 g/mol. The Morgan fingerprint density at radius 2 is 1.93 bits per heavy atom. The second-order valence-electron chi connectivity index (χ2n) is 6.84. The summed E-state index contributed by atoms with van der Waals surface area (Å²) < 4.78 is 0. The average Bonchev–Trinajstić information content (AvgIpc) is 2.88. The molecule has 150 valence electrons. The summed E-state index contributed by atoms with van der Waals surface area (Å²) in [6.45, 7) is 2.08. The zero-order valence-electron chi connectivity index (χ0n) is 16.0. The van der Waals surface area contributed by atoms with Crippen LogP contribution in [0.15, 0.2) is 48.6 Å². The molecule has 0 spiro atoms. The Labute approximate surface area is 161 Å². The van der Waals surface area contributed by atoms with Crippen LogP contribution in [0, 0.1) is 11.8 Å². The lowest BCUT2D eigenvalue weighted by atomic mass is 9.90. The van der Waals surface area contributed by atoms with Gasteiger partial charge in [0, 0.05) is 24.7 Å². The van der Waals surface area contributed by atoms with Gasteiger partial charge in [-0.05, 0) is 32.1 Å². The van der Waals surface area contributed by atoms with Gasteiger partial charge < -0.3 is 15.3 Å². The lowest BCUT2D eigenvalue weighted by molar-refractivity contribution is -0.136. The number of ketones is 1. The monoisotopic (exact) mass is 376 g/mol. The van der Waals surface area contributed by atoms with Gasteiger partial charge in [-0.25, -0.2) is 0 Å². The summed E-state index contributed by atoms with van der Waals surface area (Å²) in [5, 5.41) is 28.8. The lowest BCUT2D eigenvalue weighted by Crippen LogP contribution is -2.18. The highest BCUT2D eigenvalue weighted by Gasteiger charge is 2.39. The van der Waals surface area contributed by atoms with E-state index in [1.54, 1.807) is 18.2 Å². The van der Waals surface area contributed by atoms with Crippen molar-refractivity contribution in [3.05, 3.63) is 48.6 Å². The minimum absolute atomic E-state index is 0.0112. The van der Waals surface area contributed by atoms with E-state index in [1.807, 2.05) is 18.2 Å². The van der Waals surface area contributed by atoms with Gasteiger partial charge in [0.2, 0.25) is 0 Å². The number of rotatable bonds is 12. The third kappa shape index (κ3) is 9.50. The summed E-state index contributed by atoms with van der Waals surface area (Å²) in [7, 11) is 0. The number of carbonyl (C=O) groups excluding carboxylic acids is 1. The van der Waals surface area contributed by atoms with E-state index in [1.165, 1.54) is 0 Å². The third-order valence-corrected chi connectivity index (χ3v) is 4.59. The van der Waals surface area contributed by atoms with E-state index in [2.05, 4.69) is 19.1 Å². The standard InChI is InChI=1S/C22H32O5/c1-2-3-4-5-6-8-11-17(23)14-15-19-18(20(24)16-21(19)25)12-9-7-10-13-22(26)27/h3-4,6-9,14-15,17-19,21,23,25H,2,5,10-13,16H2,1H3,(H,26,27)/b4-3-,8-6-,9-7-,15-14+/t17-,18-,19-,21-/m1/s1. The molecule has 0 heterocycles. The van der Waals surface area contributed by atoms with E-state index in [9.17, 15) is 19.8 Å². The van der Waals surface area contributed by atoms with E-state index in [0.29, 0.717) is 19.3 Å². The van der Waals surface area contributed by atoms with E-state index in [0.717, 1.165) is 12.8 Å². The Bertz CT molecular complexity index is 573. The average molecular weight is 376 g/mol. The van der Waals surface area contributed by atoms with Crippen molar-refractivity contribution in [2.45, 2.75) is 64.1 Å². The van der Waals surface area contributed by atoms with E-state index in [-0.39, 0.29) is 30.5 Å². The number of hydrogen-bond acceptors (Lipinski definition) is 4. The molecule has 0 aromatic carbocycles. The second kappa shape index (κ2) is 13.2. The second-order valence-corrected chi connectivity index (χ2v) is 6.84. The first-order valence-corrected chi connectivity index (χ1v) is 9.69. The zero-order chi connectivity index (χ0) is 20.1. The number of Topliss-reactive ketones (excluding diaryl/α,β-unsaturated/α-hetero) is 1. The molecule has 0 unspecified atom stereocenters. The van der Waals surface area contributed by atoms with Crippen molar-refractivity contribution in [2.75, 3.05) is 0 Å². The van der Waals surface area contributed by atoms with Crippen LogP contribution in [0.2, 0.25) is 0 Å². The van der Waals surface area contributed by atoms with Crippen molar-refractivity contribution in [2.24, 2.45) is 11.8 Å². The van der Waals surface area contributed by atoms with Crippen LogP contribution in [0.1, 0.15) is 51.9 Å². The summed E-state index contributed by atoms with van der Waals surface area (Å²) in [5.41, 5.74) is 0. The molecule has 0 aromatic heterocycles. The molecule has 1 aliphatic rings. The summed E-state index contributed by atoms with van der Waals surface area (Å²) in [6.07, 6.45) is 17.1. The van der Waals surface area contributed by atoms with E-state index >= 15 is 0 Å². The molecule has 5 nitrogen and oxygen atoms in total. The molecule has 27 heavy (non-hydrogen) atoms. The SMILES string of the molecule is CC/C=C\C/C=C\C[C@@H](O)/C=C/[C@H]1[C@H](O)CC(=O)[C@@H]1C/C=C\CCC(=O)O. The van der Waals surface area contributed by atoms with Crippen molar-refractivity contribution in [3.8, 4) is 0 Å². The first-order valence-electron chi connectivity index (χ1n) is 9.69. The van der Waals surface area contributed by atoms with Crippen LogP contribution >= 0.6 is 0 Å². The molecule has 4 atom stereocenters. The zero-order valence-corrected chi connectivity index (χ0v) is 16.0. The van der Waals surface area contributed by atoms with Crippen LogP contribution in [0.3, 0.4) is 0 Å². The summed E-state index contributed by atoms with van der Waals surface area (Å²) >= 11 is 0. The van der Waals surface area contributed by atoms with Gasteiger partial charge in [0.05, 0.1) is 12.2 Å². The first-order chi connectivity index (χ1) is 13.0. The van der Waals surface area contributed by atoms with Crippen molar-refractivity contribution in [3.63, 3.8) is 0 Å². The van der Waals surface area contributed by atoms with Crippen LogP contribution < -0.4 is 0 Å². The molecule has 1 fully saturated rings. The number of carboxylic acids is 1. The molecule has 0 radical (unpaired) electrons. The van der Waals surface area contributed by atoms with Crippen LogP contribution in [-0.4, -0.2) is 39.3 Å². The van der Waals surface area contributed by atoms with Gasteiger partial charge >= 0.3 is 5.97 Å². The summed E-state index contributed by atoms with van der Waals surface area (Å²) in [5.74, 6) is -1.47. The quantitative estimate of drug-likeness (QED) is 0.453. The van der Waals surface area contributed by atoms with Crippen LogP contribution in [0.25, 0.3) is 0 Å². The van der Waals surface area contributed by atoms with Gasteiger partial charge in [0.25, 0.3) is 0 Å². The molecule has 1 saturated carbocycles. The molecule has 5 heteroatoms. The van der Waals surface area contributed by atoms with E-state index in [4.69, 9.17) is 5.11 Å². The fraction of sp³-hybridized carbons (Fsp3) is 0.545. The van der Waals surface area contributed by atoms with Crippen LogP contribution in [0.4, 0.5) is 0 Å². The highest BCUT2D eigenvalue weighted by atomic mass is 16.4. The largest absolute Gasteiger partial charge is 0.481 e. The molecule has 0 amide bonds. The summed E-state index contributed by atoms with van der Waals surface area (Å²) in [4.78, 5) is 22.6. The number of allylic oxidation sites excluding steroid dienone is 5. The van der Waals surface area contributed by atoms with Crippen molar-refractivity contribution in [1.82, 2.24) is 0 Å². The van der Waals surface area contributed by atoms with Crippen molar-refractivity contribution in [1.29, 1.82) is 0 Å². The highest BCUT2D eigenvalue weighted by Crippen LogP contribution is 2.33. The maximum absolute atomic E-state index is 12.1. The lowest BCUT2D eigenvalue weighted by Gasteiger charge is -2.16. The molecule has 0 saturated heterocycles. The maximum Gasteiger partial charge on any atom is 0.303 e. The third-order valence-electron chi connectivity index (χ3n) is 4.59. The Balaban J connectivity index is 2.50. The van der Waals surface area contributed by atoms with Crippen molar-refractivity contribution >= 4 is 11.8 Å². The van der Waals surface area contributed by atoms with Crippen LogP contribution in [-0.2, 0) is 9.59 Å². The number of carbonyl (C=O) groups is 2. The fourth-order valence-electron chi connectivity index (χ4n) is 3.10. The molecule has 3 N–H and O–H groups in total. The molecule has 1 rings (SSSR count). The summed E-state index contributed by atoms with van der Waals surface area (Å²) in [6, 6.07) is 0. The predicted molar refractivity (Wildman–Crippen MR) is 106 cm³/mol. The van der Waals surface area contributed by atoms with Gasteiger partial charge in [0.15, 0.2) is 0 Å². The number of aliphatic carboxylic acids is 1. The van der Waals surface area contributed by atoms with Gasteiger partial charge in [-0.3, -0.25) is 9.59 Å². The molecule has 0 aromatic rings. The normalized spacial score (nSPS) is 24.9. The highest BCUT2D eigenvalue weighted by molar-refractivity contribution is 5.84. The number of aliphatic hydroxyl groups excluding tert-OH is 2. The minimum Gasteiger partial charge on any atom is -0.481 e. The number of aliphatic hydroxyl groups is 2. The van der Waals surface area contributed by atoms with Crippen LogP contribution in [0.5, 0.6) is 0 Å². The smallest absolute Gasteiger partial charge is 0.303 e. The van der Waals surface area contributed by atoms with Gasteiger partial charge in [-0.15, -0.1) is 0 Å². The molecule has 1 aliphatic carbocycles. The molecule has 0 aliphatic heterocycles.